The lowest BCUT2D eigenvalue weighted by molar-refractivity contribution is -0.144. The van der Waals surface area contributed by atoms with Crippen molar-refractivity contribution in [2.24, 2.45) is 44.8 Å². The number of aliphatic imine (C=N–C) groups is 2. The summed E-state index contributed by atoms with van der Waals surface area (Å²) in [7, 11) is 1.60. The molecule has 410 valence electrons. The number of carbonyl (C=O) groups is 9. The van der Waals surface area contributed by atoms with Gasteiger partial charge in [-0.1, -0.05) is 68.0 Å². The van der Waals surface area contributed by atoms with Crippen molar-refractivity contribution in [1.82, 2.24) is 37.2 Å². The highest BCUT2D eigenvalue weighted by molar-refractivity contribution is 5.96. The minimum Gasteiger partial charge on any atom is -0.480 e. The number of allylic oxidation sites excluding steroid dienone is 2. The minimum absolute atomic E-state index is 0.000279. The Bertz CT molecular complexity index is 2220. The Hall–Kier alpha value is -7.61. The number of hydrogen-bond donors (Lipinski definition) is 14. The Labute approximate surface area is 429 Å². The molecular formula is C48H75N13O13. The molecule has 0 bridgehead atoms. The number of rotatable bonds is 18. The summed E-state index contributed by atoms with van der Waals surface area (Å²) in [4.78, 5) is 129. The molecule has 1 aromatic carbocycles. The van der Waals surface area contributed by atoms with Crippen LogP contribution in [0.5, 0.6) is 0 Å². The molecule has 0 radical (unpaired) electrons. The van der Waals surface area contributed by atoms with E-state index in [1.54, 1.807) is 20.1 Å². The number of nitrogens with one attached hydrogen (secondary N) is 7. The average molecular weight is 1040 g/mol. The summed E-state index contributed by atoms with van der Waals surface area (Å²) in [6.45, 7) is 7.50. The van der Waals surface area contributed by atoms with Crippen LogP contribution in [0.25, 0.3) is 0 Å². The molecule has 11 atom stereocenters. The molecule has 26 heteroatoms. The van der Waals surface area contributed by atoms with Crippen molar-refractivity contribution in [3.63, 3.8) is 0 Å². The maximum Gasteiger partial charge on any atom is 0.326 e. The largest absolute Gasteiger partial charge is 0.480 e. The second-order valence-corrected chi connectivity index (χ2v) is 18.1. The number of nitrogens with zero attached hydrogens (tertiary/aromatic N) is 2. The number of aliphatic carboxylic acids is 2. The summed E-state index contributed by atoms with van der Waals surface area (Å²) in [5.41, 5.74) is 23.5. The zero-order chi connectivity index (χ0) is 55.7. The van der Waals surface area contributed by atoms with Gasteiger partial charge in [-0.25, -0.2) is 9.59 Å². The SMILES string of the molecule is CO[C@@H](Cc1ccccc1)[C@@H](C)/C=C(C)/C=C/[C@@H]1NC(=O)[C@H](CCCN=C(N)N)NC(=O)C[C@H](C(=O)O)NC(=O)[C@H](CCCN=C(N)N)NC(=O)[C@@H](C)NC(=O)C(C(C)O)NC(=O)CC[C@H](C(=O)O)NC(=O)[C@H]1C. The Kier molecular flexibility index (Phi) is 26.8. The van der Waals surface area contributed by atoms with Crippen molar-refractivity contribution in [2.75, 3.05) is 20.2 Å². The molecule has 2 unspecified atom stereocenters. The predicted octanol–water partition coefficient (Wildman–Crippen LogP) is -2.73. The third kappa shape index (κ3) is 22.9. The van der Waals surface area contributed by atoms with Gasteiger partial charge in [-0.3, -0.25) is 43.5 Å². The first-order chi connectivity index (χ1) is 34.8. The number of ether oxygens (including phenoxy) is 1. The summed E-state index contributed by atoms with van der Waals surface area (Å²) in [5, 5.41) is 47.7. The third-order valence-electron chi connectivity index (χ3n) is 11.8. The highest BCUT2D eigenvalue weighted by atomic mass is 16.5. The lowest BCUT2D eigenvalue weighted by atomic mass is 9.94. The number of aliphatic hydroxyl groups is 1. The van der Waals surface area contributed by atoms with Crippen LogP contribution in [0.1, 0.15) is 85.1 Å². The van der Waals surface area contributed by atoms with E-state index in [9.17, 15) is 58.5 Å². The molecule has 7 amide bonds. The van der Waals surface area contributed by atoms with Crippen LogP contribution in [0.15, 0.2) is 64.1 Å². The zero-order valence-electron chi connectivity index (χ0n) is 42.7. The van der Waals surface area contributed by atoms with Crippen LogP contribution in [0.4, 0.5) is 0 Å². The predicted molar refractivity (Wildman–Crippen MR) is 272 cm³/mol. The van der Waals surface area contributed by atoms with Gasteiger partial charge in [-0.05, 0) is 64.9 Å². The molecule has 1 heterocycles. The number of carboxylic acid groups (broad SMARTS) is 2. The van der Waals surface area contributed by atoms with Crippen LogP contribution in [0, 0.1) is 11.8 Å². The van der Waals surface area contributed by atoms with Gasteiger partial charge in [0.15, 0.2) is 11.9 Å². The van der Waals surface area contributed by atoms with Crippen LogP contribution >= 0.6 is 0 Å². The number of methoxy groups -OCH3 is 1. The molecule has 1 aromatic rings. The number of carboxylic acids is 2. The first-order valence-corrected chi connectivity index (χ1v) is 24.1. The number of amides is 7. The molecule has 18 N–H and O–H groups in total. The van der Waals surface area contributed by atoms with Crippen molar-refractivity contribution in [1.29, 1.82) is 0 Å². The molecule has 1 aliphatic rings. The van der Waals surface area contributed by atoms with Crippen LogP contribution in [0.3, 0.4) is 0 Å². The van der Waals surface area contributed by atoms with Gasteiger partial charge in [0.05, 0.1) is 30.6 Å². The maximum atomic E-state index is 14.3. The van der Waals surface area contributed by atoms with E-state index in [-0.39, 0.29) is 62.7 Å². The van der Waals surface area contributed by atoms with Gasteiger partial charge >= 0.3 is 11.9 Å². The lowest BCUT2D eigenvalue weighted by Gasteiger charge is -2.27. The van der Waals surface area contributed by atoms with Gasteiger partial charge in [0.2, 0.25) is 41.4 Å². The Morgan fingerprint density at radius 1 is 0.730 bits per heavy atom. The molecular weight excluding hydrogens is 967 g/mol. The van der Waals surface area contributed by atoms with E-state index in [1.165, 1.54) is 26.8 Å². The quantitative estimate of drug-likeness (QED) is 0.0307. The van der Waals surface area contributed by atoms with Gasteiger partial charge in [-0.2, -0.15) is 0 Å². The van der Waals surface area contributed by atoms with Crippen molar-refractivity contribution < 1.29 is 63.2 Å². The topological polar surface area (TPSA) is 437 Å². The number of nitrogens with two attached hydrogens (primary N) is 4. The molecule has 26 nitrogen and oxygen atoms in total. The van der Waals surface area contributed by atoms with E-state index in [0.717, 1.165) is 5.56 Å². The van der Waals surface area contributed by atoms with Crippen molar-refractivity contribution in [2.45, 2.75) is 140 Å². The normalized spacial score (nSPS) is 24.9. The zero-order valence-corrected chi connectivity index (χ0v) is 42.7. The first-order valence-electron chi connectivity index (χ1n) is 24.1. The summed E-state index contributed by atoms with van der Waals surface area (Å²) < 4.78 is 5.80. The van der Waals surface area contributed by atoms with Gasteiger partial charge in [0.25, 0.3) is 0 Å². The van der Waals surface area contributed by atoms with Crippen LogP contribution < -0.4 is 60.2 Å². The van der Waals surface area contributed by atoms with Crippen LogP contribution in [-0.2, 0) is 54.3 Å². The van der Waals surface area contributed by atoms with E-state index >= 15 is 0 Å². The Balaban J connectivity index is 2.71. The molecule has 74 heavy (non-hydrogen) atoms. The third-order valence-corrected chi connectivity index (χ3v) is 11.8. The van der Waals surface area contributed by atoms with Gasteiger partial charge in [0, 0.05) is 32.5 Å². The molecule has 1 saturated heterocycles. The molecule has 2 rings (SSSR count). The molecule has 0 aromatic heterocycles. The van der Waals surface area contributed by atoms with Crippen LogP contribution in [-0.4, -0.2) is 155 Å². The average Bonchev–Trinajstić information content (AvgIpc) is 3.33. The second kappa shape index (κ2) is 31.8. The van der Waals surface area contributed by atoms with Crippen molar-refractivity contribution in [3.05, 3.63) is 59.7 Å². The number of guanidine groups is 2. The minimum atomic E-state index is -1.93. The van der Waals surface area contributed by atoms with Gasteiger partial charge in [0.1, 0.15) is 36.3 Å². The monoisotopic (exact) mass is 1040 g/mol. The number of benzene rings is 1. The van der Waals surface area contributed by atoms with Crippen molar-refractivity contribution >= 4 is 65.2 Å². The number of hydrogen-bond acceptors (Lipinski definition) is 13. The standard InChI is InChI=1S/C48H75N13O13/c1-25(22-26(2)36(74-6)23-30-12-8-7-9-13-30)16-17-31-27(3)40(65)59-34(45(70)71)18-19-37(63)61-39(29(5)62)44(69)55-28(4)41(66)58-33(15-11-21-54-48(51)52)43(68)60-35(46(72)73)24-38(64)56-32(42(67)57-31)14-10-20-53-47(49)50/h7-9,12-13,16-17,22,26-29,31-36,39,62H,10-11,14-15,18-21,23-24H2,1-6H3,(H,55,69)(H,56,64)(H,57,67)(H,58,66)(H,59,65)(H,60,68)(H,61,63)(H,70,71)(H,72,73)(H4,49,50,53)(H4,51,52,54)/b17-16+,25-22+/t26-,27-,28+,29?,31-,32-,33-,34+,35+,36-,39?/m0/s1. The Morgan fingerprint density at radius 3 is 1.82 bits per heavy atom. The summed E-state index contributed by atoms with van der Waals surface area (Å²) in [6.07, 6.45) is 1.69. The maximum absolute atomic E-state index is 14.3. The molecule has 1 aliphatic heterocycles. The lowest BCUT2D eigenvalue weighted by Crippen LogP contribution is -2.59. The second-order valence-electron chi connectivity index (χ2n) is 18.1. The van der Waals surface area contributed by atoms with E-state index in [2.05, 4.69) is 47.2 Å². The van der Waals surface area contributed by atoms with Gasteiger partial charge in [-0.15, -0.1) is 0 Å². The summed E-state index contributed by atoms with van der Waals surface area (Å²) in [5.74, 6) is -11.9. The molecule has 1 fully saturated rings. The Morgan fingerprint density at radius 2 is 1.28 bits per heavy atom. The fourth-order valence-corrected chi connectivity index (χ4v) is 7.54. The number of carbonyl (C=O) groups excluding carboxylic acids is 7. The van der Waals surface area contributed by atoms with E-state index < -0.39 is 127 Å². The fraction of sp³-hybridized carbons (Fsp3) is 0.562. The van der Waals surface area contributed by atoms with E-state index in [4.69, 9.17) is 27.7 Å². The van der Waals surface area contributed by atoms with E-state index in [1.807, 2.05) is 43.3 Å². The van der Waals surface area contributed by atoms with Crippen LogP contribution in [0.2, 0.25) is 0 Å². The van der Waals surface area contributed by atoms with Gasteiger partial charge < -0.3 is 80.2 Å². The number of aliphatic hydroxyl groups excluding tert-OH is 1. The first kappa shape index (κ1) is 62.5. The molecule has 0 aliphatic carbocycles. The fourth-order valence-electron chi connectivity index (χ4n) is 7.54. The van der Waals surface area contributed by atoms with E-state index in [0.29, 0.717) is 12.0 Å². The molecule has 0 spiro atoms. The summed E-state index contributed by atoms with van der Waals surface area (Å²) in [6, 6.07) is -1.19. The smallest absolute Gasteiger partial charge is 0.326 e. The van der Waals surface area contributed by atoms with Crippen molar-refractivity contribution in [3.8, 4) is 0 Å². The highest BCUT2D eigenvalue weighted by Gasteiger charge is 2.35. The molecule has 0 saturated carbocycles. The summed E-state index contributed by atoms with van der Waals surface area (Å²) >= 11 is 0. The highest BCUT2D eigenvalue weighted by Crippen LogP contribution is 2.18.